The van der Waals surface area contributed by atoms with Crippen LogP contribution in [-0.4, -0.2) is 48.3 Å². The molecule has 1 spiro atoms. The summed E-state index contributed by atoms with van der Waals surface area (Å²) >= 11 is 0. The molecule has 24 heavy (non-hydrogen) atoms. The van der Waals surface area contributed by atoms with Crippen LogP contribution in [0.2, 0.25) is 0 Å². The summed E-state index contributed by atoms with van der Waals surface area (Å²) in [6.45, 7) is 2.37. The van der Waals surface area contributed by atoms with Crippen LogP contribution in [0.15, 0.2) is 24.3 Å². The first-order valence-electron chi connectivity index (χ1n) is 8.98. The van der Waals surface area contributed by atoms with Crippen molar-refractivity contribution in [3.05, 3.63) is 35.6 Å². The van der Waals surface area contributed by atoms with E-state index in [9.17, 15) is 9.18 Å². The number of nitrogens with zero attached hydrogens (tertiary/aromatic N) is 1. The predicted octanol–water partition coefficient (Wildman–Crippen LogP) is 3.16. The topological polar surface area (TPSA) is 38.8 Å². The minimum Gasteiger partial charge on any atom is -0.347 e. The van der Waals surface area contributed by atoms with Crippen LogP contribution in [0.1, 0.15) is 48.9 Å². The second-order valence-corrected chi connectivity index (χ2v) is 7.17. The number of benzene rings is 1. The molecule has 3 aliphatic rings. The molecule has 2 unspecified atom stereocenters. The van der Waals surface area contributed by atoms with E-state index < -0.39 is 0 Å². The van der Waals surface area contributed by atoms with Crippen LogP contribution in [-0.2, 0) is 9.47 Å². The minimum atomic E-state index is -0.327. The first-order chi connectivity index (χ1) is 11.7. The van der Waals surface area contributed by atoms with Crippen molar-refractivity contribution >= 4 is 5.78 Å². The number of carbonyl (C=O) groups is 1. The lowest BCUT2D eigenvalue weighted by Gasteiger charge is -2.43. The van der Waals surface area contributed by atoms with Crippen LogP contribution in [0.25, 0.3) is 0 Å². The van der Waals surface area contributed by atoms with Crippen molar-refractivity contribution in [1.29, 1.82) is 0 Å². The Morgan fingerprint density at radius 2 is 1.75 bits per heavy atom. The monoisotopic (exact) mass is 333 g/mol. The predicted molar refractivity (Wildman–Crippen MR) is 87.3 cm³/mol. The van der Waals surface area contributed by atoms with Crippen molar-refractivity contribution < 1.29 is 18.7 Å². The summed E-state index contributed by atoms with van der Waals surface area (Å²) in [5.41, 5.74) is 0.602. The lowest BCUT2D eigenvalue weighted by atomic mass is 9.95. The summed E-state index contributed by atoms with van der Waals surface area (Å²) in [6.07, 6.45) is 5.67. The molecule has 3 fully saturated rings. The second-order valence-electron chi connectivity index (χ2n) is 7.17. The van der Waals surface area contributed by atoms with Crippen molar-refractivity contribution in [3.63, 3.8) is 0 Å². The van der Waals surface area contributed by atoms with Gasteiger partial charge in [-0.15, -0.1) is 0 Å². The van der Waals surface area contributed by atoms with E-state index >= 15 is 0 Å². The Morgan fingerprint density at radius 3 is 2.38 bits per heavy atom. The molecular weight excluding hydrogens is 309 g/mol. The van der Waals surface area contributed by atoms with Crippen molar-refractivity contribution in [3.8, 4) is 0 Å². The Balaban J connectivity index is 1.29. The van der Waals surface area contributed by atoms with Crippen LogP contribution >= 0.6 is 0 Å². The van der Waals surface area contributed by atoms with Crippen LogP contribution < -0.4 is 0 Å². The van der Waals surface area contributed by atoms with Crippen molar-refractivity contribution in [2.24, 2.45) is 0 Å². The van der Waals surface area contributed by atoms with E-state index in [1.165, 1.54) is 25.0 Å². The van der Waals surface area contributed by atoms with E-state index in [1.807, 2.05) is 0 Å². The quantitative estimate of drug-likeness (QED) is 0.776. The fourth-order valence-corrected chi connectivity index (χ4v) is 4.55. The van der Waals surface area contributed by atoms with Crippen LogP contribution in [0.5, 0.6) is 0 Å². The highest BCUT2D eigenvalue weighted by atomic mass is 19.1. The Labute approximate surface area is 141 Å². The molecule has 0 saturated carbocycles. The average Bonchev–Trinajstić information content (AvgIpc) is 3.11. The zero-order chi connectivity index (χ0) is 16.6. The van der Waals surface area contributed by atoms with E-state index in [0.717, 1.165) is 25.8 Å². The summed E-state index contributed by atoms with van der Waals surface area (Å²) in [5.74, 6) is -0.535. The number of Topliss-reactive ketones (excluding diaryl/α,β-unsaturated/α-hetero) is 1. The third-order valence-corrected chi connectivity index (χ3v) is 5.66. The summed E-state index contributed by atoms with van der Waals surface area (Å²) in [5, 5.41) is 0. The van der Waals surface area contributed by atoms with Gasteiger partial charge in [0.05, 0.1) is 13.2 Å². The standard InChI is InChI=1S/C19H24FNO3/c20-15-5-3-14(4-6-15)18(22)2-1-9-21-16-7-8-17(21)13-19(12-16)23-10-11-24-19/h3-6,16-17H,1-2,7-13H2. The number of rotatable bonds is 5. The molecule has 2 bridgehead atoms. The lowest BCUT2D eigenvalue weighted by molar-refractivity contribution is -0.199. The van der Waals surface area contributed by atoms with Gasteiger partial charge >= 0.3 is 0 Å². The smallest absolute Gasteiger partial charge is 0.171 e. The Hall–Kier alpha value is -1.30. The number of carbonyl (C=O) groups excluding carboxylic acids is 1. The van der Waals surface area contributed by atoms with Gasteiger partial charge in [-0.1, -0.05) is 0 Å². The zero-order valence-corrected chi connectivity index (χ0v) is 13.9. The molecule has 1 aromatic carbocycles. The second kappa shape index (κ2) is 6.54. The molecular formula is C19H24FNO3. The summed E-state index contributed by atoms with van der Waals surface area (Å²) in [6, 6.07) is 6.87. The van der Waals surface area contributed by atoms with E-state index in [0.29, 0.717) is 37.3 Å². The number of ether oxygens (including phenoxy) is 2. The number of hydrogen-bond acceptors (Lipinski definition) is 4. The van der Waals surface area contributed by atoms with E-state index in [1.54, 1.807) is 12.1 Å². The summed E-state index contributed by atoms with van der Waals surface area (Å²) < 4.78 is 24.7. The SMILES string of the molecule is O=C(CCCN1C2CCC1CC1(C2)OCCO1)c1ccc(F)cc1. The molecule has 0 amide bonds. The van der Waals surface area contributed by atoms with Crippen LogP contribution in [0.4, 0.5) is 4.39 Å². The molecule has 4 nitrogen and oxygen atoms in total. The number of fused-ring (bicyclic) bond motifs is 2. The van der Waals surface area contributed by atoms with Crippen molar-refractivity contribution in [2.45, 2.75) is 56.4 Å². The van der Waals surface area contributed by atoms with Gasteiger partial charge in [0.2, 0.25) is 0 Å². The molecule has 0 aliphatic carbocycles. The van der Waals surface area contributed by atoms with Crippen molar-refractivity contribution in [1.82, 2.24) is 4.90 Å². The molecule has 4 rings (SSSR count). The van der Waals surface area contributed by atoms with Gasteiger partial charge in [-0.3, -0.25) is 9.69 Å². The zero-order valence-electron chi connectivity index (χ0n) is 13.9. The molecule has 0 N–H and O–H groups in total. The first-order valence-corrected chi connectivity index (χ1v) is 8.98. The fourth-order valence-electron chi connectivity index (χ4n) is 4.55. The normalized spacial score (nSPS) is 28.5. The minimum absolute atomic E-state index is 0.0956. The number of halogens is 1. The van der Waals surface area contributed by atoms with Gasteiger partial charge in [-0.2, -0.15) is 0 Å². The van der Waals surface area contributed by atoms with Gasteiger partial charge in [0.15, 0.2) is 11.6 Å². The van der Waals surface area contributed by atoms with Crippen LogP contribution in [0, 0.1) is 5.82 Å². The molecule has 1 aromatic rings. The summed E-state index contributed by atoms with van der Waals surface area (Å²) in [4.78, 5) is 14.7. The van der Waals surface area contributed by atoms with Gasteiger partial charge in [0.25, 0.3) is 0 Å². The van der Waals surface area contributed by atoms with E-state index in [2.05, 4.69) is 4.90 Å². The maximum atomic E-state index is 12.9. The Morgan fingerprint density at radius 1 is 1.12 bits per heavy atom. The highest BCUT2D eigenvalue weighted by Gasteiger charge is 2.51. The van der Waals surface area contributed by atoms with E-state index in [-0.39, 0.29) is 17.4 Å². The Kier molecular flexibility index (Phi) is 4.41. The molecule has 2 atom stereocenters. The maximum absolute atomic E-state index is 12.9. The molecule has 5 heteroatoms. The van der Waals surface area contributed by atoms with Crippen LogP contribution in [0.3, 0.4) is 0 Å². The van der Waals surface area contributed by atoms with Gasteiger partial charge in [-0.25, -0.2) is 4.39 Å². The highest BCUT2D eigenvalue weighted by Crippen LogP contribution is 2.44. The number of piperidine rings is 1. The van der Waals surface area contributed by atoms with Gasteiger partial charge in [0, 0.05) is 36.9 Å². The molecule has 3 heterocycles. The third kappa shape index (κ3) is 3.13. The average molecular weight is 333 g/mol. The maximum Gasteiger partial charge on any atom is 0.171 e. The van der Waals surface area contributed by atoms with Gasteiger partial charge in [0.1, 0.15) is 5.82 Å². The summed E-state index contributed by atoms with van der Waals surface area (Å²) in [7, 11) is 0. The molecule has 3 aliphatic heterocycles. The lowest BCUT2D eigenvalue weighted by Crippen LogP contribution is -2.51. The van der Waals surface area contributed by atoms with Gasteiger partial charge in [-0.05, 0) is 50.1 Å². The fraction of sp³-hybridized carbons (Fsp3) is 0.632. The van der Waals surface area contributed by atoms with E-state index in [4.69, 9.17) is 9.47 Å². The third-order valence-electron chi connectivity index (χ3n) is 5.66. The van der Waals surface area contributed by atoms with Crippen molar-refractivity contribution in [2.75, 3.05) is 19.8 Å². The van der Waals surface area contributed by atoms with Gasteiger partial charge < -0.3 is 9.47 Å². The molecule has 0 aromatic heterocycles. The Bertz CT molecular complexity index is 581. The number of ketones is 1. The largest absolute Gasteiger partial charge is 0.347 e. The highest BCUT2D eigenvalue weighted by molar-refractivity contribution is 5.95. The molecule has 130 valence electrons. The first kappa shape index (κ1) is 16.2. The number of hydrogen-bond donors (Lipinski definition) is 0. The molecule has 3 saturated heterocycles. The molecule has 0 radical (unpaired) electrons.